The molecular formula is C28H30N2O4. The standard InChI is InChI=1S/C28H30N2O4/c1-3-33-24-17-16-22(19-25(24)34-4-2)27(31)29-26(21-12-6-5-7-13-21)28(32)30-18-10-14-20-11-8-9-15-23(20)30/h5-9,11-13,15-17,19,26H,3-4,10,14,18H2,1-2H3,(H,29,31)/t26-/m0/s1. The quantitative estimate of drug-likeness (QED) is 0.520. The Hall–Kier alpha value is -3.80. The number of anilines is 1. The number of nitrogens with zero attached hydrogens (tertiary/aromatic N) is 1. The van der Waals surface area contributed by atoms with E-state index in [1.165, 1.54) is 0 Å². The topological polar surface area (TPSA) is 67.9 Å². The van der Waals surface area contributed by atoms with Crippen LogP contribution in [-0.2, 0) is 11.2 Å². The van der Waals surface area contributed by atoms with E-state index in [0.717, 1.165) is 29.7 Å². The lowest BCUT2D eigenvalue weighted by Gasteiger charge is -2.32. The van der Waals surface area contributed by atoms with Gasteiger partial charge in [0.15, 0.2) is 11.5 Å². The van der Waals surface area contributed by atoms with Crippen molar-refractivity contribution in [3.8, 4) is 11.5 Å². The van der Waals surface area contributed by atoms with Crippen LogP contribution in [0.3, 0.4) is 0 Å². The van der Waals surface area contributed by atoms with Gasteiger partial charge in [-0.2, -0.15) is 0 Å². The minimum absolute atomic E-state index is 0.150. The zero-order valence-corrected chi connectivity index (χ0v) is 19.6. The summed E-state index contributed by atoms with van der Waals surface area (Å²) in [5, 5.41) is 2.97. The molecule has 176 valence electrons. The summed E-state index contributed by atoms with van der Waals surface area (Å²) in [5.74, 6) is 0.588. The van der Waals surface area contributed by atoms with Gasteiger partial charge in [0, 0.05) is 17.8 Å². The number of fused-ring (bicyclic) bond motifs is 1. The lowest BCUT2D eigenvalue weighted by molar-refractivity contribution is -0.120. The smallest absolute Gasteiger partial charge is 0.254 e. The number of amides is 2. The first-order chi connectivity index (χ1) is 16.6. The molecule has 0 saturated heterocycles. The average molecular weight is 459 g/mol. The van der Waals surface area contributed by atoms with E-state index < -0.39 is 6.04 Å². The largest absolute Gasteiger partial charge is 0.490 e. The summed E-state index contributed by atoms with van der Waals surface area (Å²) in [4.78, 5) is 28.9. The van der Waals surface area contributed by atoms with E-state index in [2.05, 4.69) is 11.4 Å². The molecule has 0 aliphatic carbocycles. The zero-order valence-electron chi connectivity index (χ0n) is 19.6. The molecule has 1 aliphatic rings. The molecule has 3 aromatic rings. The monoisotopic (exact) mass is 458 g/mol. The van der Waals surface area contributed by atoms with Crippen LogP contribution >= 0.6 is 0 Å². The van der Waals surface area contributed by atoms with Crippen LogP contribution in [0.1, 0.15) is 47.8 Å². The van der Waals surface area contributed by atoms with Gasteiger partial charge in [-0.05, 0) is 62.1 Å². The van der Waals surface area contributed by atoms with E-state index in [9.17, 15) is 9.59 Å². The van der Waals surface area contributed by atoms with Crippen LogP contribution in [0, 0.1) is 0 Å². The lowest BCUT2D eigenvalue weighted by atomic mass is 9.99. The van der Waals surface area contributed by atoms with Gasteiger partial charge < -0.3 is 19.7 Å². The normalized spacial score (nSPS) is 13.5. The van der Waals surface area contributed by atoms with Crippen LogP contribution in [-0.4, -0.2) is 31.6 Å². The molecule has 0 spiro atoms. The van der Waals surface area contributed by atoms with Gasteiger partial charge in [-0.3, -0.25) is 9.59 Å². The van der Waals surface area contributed by atoms with Crippen molar-refractivity contribution in [3.63, 3.8) is 0 Å². The van der Waals surface area contributed by atoms with Crippen molar-refractivity contribution in [1.82, 2.24) is 5.32 Å². The maximum absolute atomic E-state index is 13.8. The minimum Gasteiger partial charge on any atom is -0.490 e. The van der Waals surface area contributed by atoms with E-state index >= 15 is 0 Å². The Bertz CT molecular complexity index is 1150. The second-order valence-corrected chi connectivity index (χ2v) is 8.07. The summed E-state index contributed by atoms with van der Waals surface area (Å²) in [5.41, 5.74) is 3.20. The molecule has 0 bridgehead atoms. The lowest BCUT2D eigenvalue weighted by Crippen LogP contribution is -2.45. The fraction of sp³-hybridized carbons (Fsp3) is 0.286. The van der Waals surface area contributed by atoms with Crippen LogP contribution in [0.5, 0.6) is 11.5 Å². The molecule has 4 rings (SSSR count). The fourth-order valence-corrected chi connectivity index (χ4v) is 4.26. The van der Waals surface area contributed by atoms with Crippen molar-refractivity contribution in [2.75, 3.05) is 24.7 Å². The third kappa shape index (κ3) is 5.06. The molecule has 34 heavy (non-hydrogen) atoms. The number of nitrogens with one attached hydrogen (secondary N) is 1. The first-order valence-corrected chi connectivity index (χ1v) is 11.8. The van der Waals surface area contributed by atoms with Gasteiger partial charge in [0.1, 0.15) is 6.04 Å². The number of hydrogen-bond donors (Lipinski definition) is 1. The highest BCUT2D eigenvalue weighted by Crippen LogP contribution is 2.31. The molecule has 0 aromatic heterocycles. The van der Waals surface area contributed by atoms with Crippen molar-refractivity contribution in [1.29, 1.82) is 0 Å². The molecule has 3 aromatic carbocycles. The van der Waals surface area contributed by atoms with Crippen LogP contribution in [0.4, 0.5) is 5.69 Å². The maximum Gasteiger partial charge on any atom is 0.254 e. The predicted molar refractivity (Wildman–Crippen MR) is 133 cm³/mol. The highest BCUT2D eigenvalue weighted by atomic mass is 16.5. The zero-order chi connectivity index (χ0) is 23.9. The summed E-state index contributed by atoms with van der Waals surface area (Å²) in [7, 11) is 0. The average Bonchev–Trinajstić information content (AvgIpc) is 2.88. The first kappa shape index (κ1) is 23.4. The molecule has 1 aliphatic heterocycles. The Labute approximate surface area is 200 Å². The molecular weight excluding hydrogens is 428 g/mol. The molecule has 1 N–H and O–H groups in total. The maximum atomic E-state index is 13.8. The van der Waals surface area contributed by atoms with Crippen LogP contribution in [0.15, 0.2) is 72.8 Å². The molecule has 6 heteroatoms. The Morgan fingerprint density at radius 2 is 1.62 bits per heavy atom. The predicted octanol–water partition coefficient (Wildman–Crippen LogP) is 4.93. The molecule has 0 unspecified atom stereocenters. The minimum atomic E-state index is -0.818. The Morgan fingerprint density at radius 1 is 0.912 bits per heavy atom. The fourth-order valence-electron chi connectivity index (χ4n) is 4.26. The van der Waals surface area contributed by atoms with Crippen molar-refractivity contribution >= 4 is 17.5 Å². The number of carbonyl (C=O) groups is 2. The highest BCUT2D eigenvalue weighted by molar-refractivity contribution is 6.03. The van der Waals surface area contributed by atoms with E-state index in [-0.39, 0.29) is 11.8 Å². The van der Waals surface area contributed by atoms with Crippen molar-refractivity contribution in [3.05, 3.63) is 89.5 Å². The van der Waals surface area contributed by atoms with Gasteiger partial charge >= 0.3 is 0 Å². The van der Waals surface area contributed by atoms with Crippen LogP contribution < -0.4 is 19.7 Å². The molecule has 6 nitrogen and oxygen atoms in total. The number of rotatable bonds is 8. The van der Waals surface area contributed by atoms with Crippen molar-refractivity contribution < 1.29 is 19.1 Å². The molecule has 0 fully saturated rings. The second kappa shape index (κ2) is 10.9. The molecule has 1 heterocycles. The molecule has 1 atom stereocenters. The van der Waals surface area contributed by atoms with Gasteiger partial charge in [0.05, 0.1) is 13.2 Å². The van der Waals surface area contributed by atoms with Crippen LogP contribution in [0.2, 0.25) is 0 Å². The summed E-state index contributed by atoms with van der Waals surface area (Å²) in [6.07, 6.45) is 1.82. The van der Waals surface area contributed by atoms with E-state index in [1.54, 1.807) is 23.1 Å². The summed E-state index contributed by atoms with van der Waals surface area (Å²) < 4.78 is 11.3. The summed E-state index contributed by atoms with van der Waals surface area (Å²) >= 11 is 0. The Balaban J connectivity index is 1.64. The van der Waals surface area contributed by atoms with E-state index in [1.807, 2.05) is 62.4 Å². The molecule has 2 amide bonds. The van der Waals surface area contributed by atoms with Crippen molar-refractivity contribution in [2.24, 2.45) is 0 Å². The van der Waals surface area contributed by atoms with Gasteiger partial charge in [-0.1, -0.05) is 48.5 Å². The third-order valence-electron chi connectivity index (χ3n) is 5.84. The Kier molecular flexibility index (Phi) is 7.48. The second-order valence-electron chi connectivity index (χ2n) is 8.07. The number of hydrogen-bond acceptors (Lipinski definition) is 4. The third-order valence-corrected chi connectivity index (χ3v) is 5.84. The van der Waals surface area contributed by atoms with Crippen molar-refractivity contribution in [2.45, 2.75) is 32.7 Å². The van der Waals surface area contributed by atoms with E-state index in [0.29, 0.717) is 36.8 Å². The number of carbonyl (C=O) groups excluding carboxylic acids is 2. The highest BCUT2D eigenvalue weighted by Gasteiger charge is 2.31. The van der Waals surface area contributed by atoms with Gasteiger partial charge in [0.2, 0.25) is 0 Å². The van der Waals surface area contributed by atoms with Gasteiger partial charge in [-0.25, -0.2) is 0 Å². The number of ether oxygens (including phenoxy) is 2. The number of para-hydroxylation sites is 1. The van der Waals surface area contributed by atoms with Gasteiger partial charge in [-0.15, -0.1) is 0 Å². The summed E-state index contributed by atoms with van der Waals surface area (Å²) in [6, 6.07) is 21.6. The molecule has 0 saturated carbocycles. The SMILES string of the molecule is CCOc1ccc(C(=O)N[C@H](C(=O)N2CCCc3ccccc32)c2ccccc2)cc1OCC. The summed E-state index contributed by atoms with van der Waals surface area (Å²) in [6.45, 7) is 5.33. The van der Waals surface area contributed by atoms with Crippen LogP contribution in [0.25, 0.3) is 0 Å². The van der Waals surface area contributed by atoms with Gasteiger partial charge in [0.25, 0.3) is 11.8 Å². The first-order valence-electron chi connectivity index (χ1n) is 11.8. The van der Waals surface area contributed by atoms with E-state index in [4.69, 9.17) is 9.47 Å². The number of aryl methyl sites for hydroxylation is 1. The molecule has 0 radical (unpaired) electrons. The Morgan fingerprint density at radius 3 is 2.38 bits per heavy atom. The number of benzene rings is 3.